The van der Waals surface area contributed by atoms with E-state index in [-0.39, 0.29) is 110 Å². The van der Waals surface area contributed by atoms with Crippen molar-refractivity contribution in [2.45, 2.75) is 27.7 Å². The minimum absolute atomic E-state index is 0. The molecule has 21 heteroatoms. The molecule has 210 valence electrons. The van der Waals surface area contributed by atoms with Gasteiger partial charge in [-0.2, -0.15) is 0 Å². The second-order valence-corrected chi connectivity index (χ2v) is 5.96. The van der Waals surface area contributed by atoms with E-state index in [9.17, 15) is 19.2 Å². The summed E-state index contributed by atoms with van der Waals surface area (Å²) in [5, 5.41) is 70.0. The molecule has 0 aliphatic rings. The number of carbonyl (C=O) groups excluding carboxylic acids is 4. The molecule has 0 saturated carbocycles. The van der Waals surface area contributed by atoms with Crippen LogP contribution in [0.5, 0.6) is 0 Å². The van der Waals surface area contributed by atoms with Crippen LogP contribution in [0.25, 0.3) is 0 Å². The van der Waals surface area contributed by atoms with Gasteiger partial charge in [0.25, 0.3) is 0 Å². The Kier molecular flexibility index (Phi) is 57.9. The first-order valence-corrected chi connectivity index (χ1v) is 9.16. The summed E-state index contributed by atoms with van der Waals surface area (Å²) < 4.78 is 0. The van der Waals surface area contributed by atoms with Gasteiger partial charge in [-0.15, -0.1) is 0 Å². The molecule has 0 fully saturated rings. The van der Waals surface area contributed by atoms with Crippen molar-refractivity contribution in [2.75, 3.05) is 39.3 Å². The first-order chi connectivity index (χ1) is 16.1. The summed E-state index contributed by atoms with van der Waals surface area (Å²) in [5.41, 5.74) is 0. The second-order valence-electron chi connectivity index (χ2n) is 5.96. The zero-order chi connectivity index (χ0) is 30.0. The Morgan fingerprint density at radius 2 is 0.564 bits per heavy atom. The van der Waals surface area contributed by atoms with E-state index in [0.29, 0.717) is 0 Å². The van der Waals surface area contributed by atoms with Gasteiger partial charge in [0.15, 0.2) is 0 Å². The second kappa shape index (κ2) is 39.1. The molecule has 18 nitrogen and oxygen atoms in total. The quantitative estimate of drug-likeness (QED) is 0.157. The van der Waals surface area contributed by atoms with Crippen molar-refractivity contribution >= 4 is 85.5 Å². The van der Waals surface area contributed by atoms with E-state index in [0.717, 1.165) is 37.5 Å². The average molecular weight is 614 g/mol. The molecule has 0 atom stereocenters. The fourth-order valence-corrected chi connectivity index (χ4v) is 1.48. The van der Waals surface area contributed by atoms with Crippen LogP contribution >= 0.6 is 0 Å². The molecule has 0 aromatic carbocycles. The molecule has 0 aliphatic heterocycles. The van der Waals surface area contributed by atoms with Gasteiger partial charge < -0.3 is 60.0 Å². The van der Waals surface area contributed by atoms with Crippen LogP contribution in [0.4, 0.5) is 0 Å². The topological polar surface area (TPSA) is 316 Å². The Morgan fingerprint density at radius 1 is 0.462 bits per heavy atom. The summed E-state index contributed by atoms with van der Waals surface area (Å²) in [7, 11) is 0. The third-order valence-corrected chi connectivity index (χ3v) is 2.17. The normalized spacial score (nSPS) is 8.05. The Morgan fingerprint density at radius 3 is 0.641 bits per heavy atom. The van der Waals surface area contributed by atoms with Crippen molar-refractivity contribution < 1.29 is 138 Å². The van der Waals surface area contributed by atoms with Crippen LogP contribution in [0.1, 0.15) is 27.7 Å². The molecule has 0 amide bonds. The number of carbonyl (C=O) groups is 8. The van der Waals surface area contributed by atoms with Crippen molar-refractivity contribution in [3.63, 3.8) is 0 Å². The van der Waals surface area contributed by atoms with Crippen LogP contribution in [0.15, 0.2) is 0 Å². The Labute approximate surface area is 297 Å². The number of rotatable bonds is 11. The predicted octanol–water partition coefficient (Wildman–Crippen LogP) is -13.4. The molecule has 0 saturated heterocycles. The number of carboxylic acids is 8. The summed E-state index contributed by atoms with van der Waals surface area (Å²) in [6.07, 6.45) is 0. The van der Waals surface area contributed by atoms with E-state index in [1.165, 1.54) is 0 Å². The summed E-state index contributed by atoms with van der Waals surface area (Å²) >= 11 is 0. The van der Waals surface area contributed by atoms with Crippen molar-refractivity contribution in [1.29, 1.82) is 0 Å². The van der Waals surface area contributed by atoms with Gasteiger partial charge in [-0.3, -0.25) is 29.0 Å². The van der Waals surface area contributed by atoms with Crippen LogP contribution in [0.2, 0.25) is 0 Å². The minimum atomic E-state index is -1.23. The monoisotopic (exact) mass is 614 g/mol. The van der Waals surface area contributed by atoms with Crippen LogP contribution in [0.3, 0.4) is 0 Å². The molecule has 0 unspecified atom stereocenters. The molecular formula is C18H28CaN2Na2O16. The zero-order valence-electron chi connectivity index (χ0n) is 22.5. The number of carboxylic acid groups (broad SMARTS) is 8. The number of hydrogen-bond acceptors (Lipinski definition) is 14. The molecule has 0 bridgehead atoms. The first kappa shape index (κ1) is 57.8. The van der Waals surface area contributed by atoms with E-state index >= 15 is 0 Å². The fourth-order valence-electron chi connectivity index (χ4n) is 1.48. The van der Waals surface area contributed by atoms with Gasteiger partial charge in [-0.1, -0.05) is 0 Å². The van der Waals surface area contributed by atoms with Crippen LogP contribution in [0, 0.1) is 0 Å². The maximum absolute atomic E-state index is 10.6. The molecule has 39 heavy (non-hydrogen) atoms. The van der Waals surface area contributed by atoms with Crippen LogP contribution in [-0.4, -0.2) is 155 Å². The molecule has 0 heterocycles. The van der Waals surface area contributed by atoms with E-state index in [1.807, 2.05) is 0 Å². The number of nitrogens with zero attached hydrogens (tertiary/aromatic N) is 2. The zero-order valence-corrected chi connectivity index (χ0v) is 28.7. The summed E-state index contributed by atoms with van der Waals surface area (Å²) in [5.74, 6) is -9.24. The Hall–Kier alpha value is -1.06. The summed E-state index contributed by atoms with van der Waals surface area (Å²) in [6.45, 7) is 1.64. The van der Waals surface area contributed by atoms with Crippen molar-refractivity contribution in [2.24, 2.45) is 0 Å². The Balaban J connectivity index is -0.0000000694. The molecule has 0 aromatic rings. The fraction of sp³-hybridized carbons (Fsp3) is 0.556. The van der Waals surface area contributed by atoms with Gasteiger partial charge in [0.05, 0.1) is 26.2 Å². The van der Waals surface area contributed by atoms with Gasteiger partial charge in [-0.25, -0.2) is 0 Å². The van der Waals surface area contributed by atoms with E-state index in [2.05, 4.69) is 0 Å². The van der Waals surface area contributed by atoms with Gasteiger partial charge >= 0.3 is 121 Å². The molecule has 0 rings (SSSR count). The predicted molar refractivity (Wildman–Crippen MR) is 112 cm³/mol. The average Bonchev–Trinajstić information content (AvgIpc) is 2.55. The van der Waals surface area contributed by atoms with Crippen LogP contribution in [-0.2, 0) is 38.4 Å². The van der Waals surface area contributed by atoms with Gasteiger partial charge in [0.2, 0.25) is 0 Å². The minimum Gasteiger partial charge on any atom is -0.550 e. The Bertz CT molecular complexity index is 608. The van der Waals surface area contributed by atoms with Crippen molar-refractivity contribution in [1.82, 2.24) is 9.80 Å². The summed E-state index contributed by atoms with van der Waals surface area (Å²) in [6, 6.07) is 0. The van der Waals surface area contributed by atoms with Gasteiger partial charge in [0.1, 0.15) is 0 Å². The van der Waals surface area contributed by atoms with Gasteiger partial charge in [-0.05, 0) is 27.7 Å². The molecule has 4 N–H and O–H groups in total. The maximum Gasteiger partial charge on any atom is 2.00 e. The number of aliphatic carboxylic acids is 8. The molecule has 0 spiro atoms. The molecular weight excluding hydrogens is 586 g/mol. The van der Waals surface area contributed by atoms with E-state index < -0.39 is 73.9 Å². The standard InChI is InChI=1S/C10H16N2O8.4C2H4O2.Ca.2Na/c13-7(14)3-11(4-8(15)16)1-2-12(5-9(17)18)6-10(19)20;4*1-2(3)4;;;/h1-6H2,(H,13,14)(H,15,16)(H,17,18)(H,19,20);4*1H3,(H,3,4);;;/q;;;;;+2;2*+1/p-4. The first-order valence-electron chi connectivity index (χ1n) is 9.16. The smallest absolute Gasteiger partial charge is 0.550 e. The van der Waals surface area contributed by atoms with Crippen LogP contribution < -0.4 is 79.5 Å². The van der Waals surface area contributed by atoms with E-state index in [4.69, 9.17) is 60.0 Å². The summed E-state index contributed by atoms with van der Waals surface area (Å²) in [4.78, 5) is 79.9. The third kappa shape index (κ3) is 113. The largest absolute Gasteiger partial charge is 2.00 e. The van der Waals surface area contributed by atoms with Gasteiger partial charge in [0, 0.05) is 37.0 Å². The van der Waals surface area contributed by atoms with E-state index in [1.54, 1.807) is 0 Å². The molecule has 0 aromatic heterocycles. The maximum atomic E-state index is 10.6. The molecule has 0 radical (unpaired) electrons. The molecule has 0 aliphatic carbocycles. The number of hydrogen-bond donors (Lipinski definition) is 4. The van der Waals surface area contributed by atoms with Crippen molar-refractivity contribution in [3.05, 3.63) is 0 Å². The third-order valence-electron chi connectivity index (χ3n) is 2.17. The van der Waals surface area contributed by atoms with Crippen molar-refractivity contribution in [3.8, 4) is 0 Å². The SMILES string of the molecule is CC(=O)[O-].CC(=O)[O-].CC(=O)[O-].CC(=O)[O-].O=C(O)CN(CCN(CC(=O)O)CC(=O)O)CC(=O)O.[Ca+2].[Na+].[Na+].